The van der Waals surface area contributed by atoms with Crippen LogP contribution in [-0.2, 0) is 0 Å². The third-order valence-electron chi connectivity index (χ3n) is 4.86. The van der Waals surface area contributed by atoms with E-state index in [1.807, 2.05) is 0 Å². The Labute approximate surface area is 159 Å². The molecule has 2 aromatic carbocycles. The van der Waals surface area contributed by atoms with Crippen LogP contribution in [0.25, 0.3) is 0 Å². The fraction of sp³-hybridized carbons (Fsp3) is 0.417. The quantitative estimate of drug-likeness (QED) is 0.502. The SMILES string of the molecule is CC(=Nc1c(C)cccc1C(C)C)C(C)=Nc1c(C)cccc1C(C)C. The molecule has 138 valence electrons. The number of benzene rings is 2. The van der Waals surface area contributed by atoms with Crippen LogP contribution in [0.2, 0.25) is 0 Å². The first-order valence-electron chi connectivity index (χ1n) is 9.52. The summed E-state index contributed by atoms with van der Waals surface area (Å²) in [7, 11) is 0. The van der Waals surface area contributed by atoms with Crippen LogP contribution in [-0.4, -0.2) is 11.4 Å². The van der Waals surface area contributed by atoms with E-state index in [-0.39, 0.29) is 0 Å². The number of hydrogen-bond donors (Lipinski definition) is 0. The summed E-state index contributed by atoms with van der Waals surface area (Å²) in [6.45, 7) is 17.2. The van der Waals surface area contributed by atoms with Gasteiger partial charge in [-0.2, -0.15) is 0 Å². The monoisotopic (exact) mass is 348 g/mol. The maximum absolute atomic E-state index is 4.97. The lowest BCUT2D eigenvalue weighted by Gasteiger charge is -2.14. The highest BCUT2D eigenvalue weighted by Gasteiger charge is 2.11. The lowest BCUT2D eigenvalue weighted by atomic mass is 9.98. The average molecular weight is 349 g/mol. The van der Waals surface area contributed by atoms with Crippen LogP contribution in [0.15, 0.2) is 46.4 Å². The smallest absolute Gasteiger partial charge is 0.0697 e. The topological polar surface area (TPSA) is 24.7 Å². The maximum Gasteiger partial charge on any atom is 0.0697 e. The second-order valence-electron chi connectivity index (χ2n) is 7.73. The highest BCUT2D eigenvalue weighted by molar-refractivity contribution is 6.41. The molecule has 0 unspecified atom stereocenters. The normalized spacial score (nSPS) is 13.0. The van der Waals surface area contributed by atoms with Crippen molar-refractivity contribution in [1.29, 1.82) is 0 Å². The molecular formula is C24H32N2. The van der Waals surface area contributed by atoms with Crippen LogP contribution in [0.3, 0.4) is 0 Å². The molecule has 0 radical (unpaired) electrons. The van der Waals surface area contributed by atoms with E-state index in [1.54, 1.807) is 0 Å². The first-order chi connectivity index (χ1) is 12.2. The summed E-state index contributed by atoms with van der Waals surface area (Å²) < 4.78 is 0. The minimum absolute atomic E-state index is 0.447. The van der Waals surface area contributed by atoms with E-state index in [2.05, 4.69) is 91.8 Å². The Balaban J connectivity index is 2.51. The van der Waals surface area contributed by atoms with Gasteiger partial charge in [0.25, 0.3) is 0 Å². The van der Waals surface area contributed by atoms with Crippen molar-refractivity contribution >= 4 is 22.8 Å². The summed E-state index contributed by atoms with van der Waals surface area (Å²) >= 11 is 0. The Morgan fingerprint density at radius 3 is 1.31 bits per heavy atom. The highest BCUT2D eigenvalue weighted by atomic mass is 14.8. The molecule has 2 aromatic rings. The van der Waals surface area contributed by atoms with Crippen molar-refractivity contribution in [2.45, 2.75) is 67.2 Å². The Kier molecular flexibility index (Phi) is 6.52. The van der Waals surface area contributed by atoms with Crippen molar-refractivity contribution < 1.29 is 0 Å². The van der Waals surface area contributed by atoms with Gasteiger partial charge in [-0.25, -0.2) is 0 Å². The van der Waals surface area contributed by atoms with Crippen molar-refractivity contribution in [2.75, 3.05) is 0 Å². The van der Waals surface area contributed by atoms with Crippen LogP contribution in [0, 0.1) is 13.8 Å². The molecule has 0 aliphatic rings. The van der Waals surface area contributed by atoms with Crippen molar-refractivity contribution in [2.24, 2.45) is 9.98 Å². The van der Waals surface area contributed by atoms with Gasteiger partial charge in [-0.05, 0) is 61.8 Å². The molecule has 2 nitrogen and oxygen atoms in total. The molecule has 0 N–H and O–H groups in total. The second kappa shape index (κ2) is 8.44. The van der Waals surface area contributed by atoms with E-state index in [0.717, 1.165) is 22.8 Å². The Morgan fingerprint density at radius 2 is 1.00 bits per heavy atom. The molecule has 0 aromatic heterocycles. The summed E-state index contributed by atoms with van der Waals surface area (Å²) in [6, 6.07) is 12.8. The molecule has 0 aliphatic heterocycles. The average Bonchev–Trinajstić information content (AvgIpc) is 2.57. The van der Waals surface area contributed by atoms with E-state index < -0.39 is 0 Å². The number of para-hydroxylation sites is 2. The van der Waals surface area contributed by atoms with Gasteiger partial charge in [0, 0.05) is 0 Å². The predicted octanol–water partition coefficient (Wildman–Crippen LogP) is 7.44. The zero-order chi connectivity index (χ0) is 19.4. The zero-order valence-electron chi connectivity index (χ0n) is 17.5. The van der Waals surface area contributed by atoms with Gasteiger partial charge < -0.3 is 0 Å². The van der Waals surface area contributed by atoms with Crippen molar-refractivity contribution in [3.63, 3.8) is 0 Å². The van der Waals surface area contributed by atoms with Crippen LogP contribution < -0.4 is 0 Å². The van der Waals surface area contributed by atoms with E-state index in [0.29, 0.717) is 11.8 Å². The Bertz CT molecular complexity index is 768. The largest absolute Gasteiger partial charge is 0.251 e. The van der Waals surface area contributed by atoms with Gasteiger partial charge in [0.1, 0.15) is 0 Å². The highest BCUT2D eigenvalue weighted by Crippen LogP contribution is 2.32. The third kappa shape index (κ3) is 4.49. The van der Waals surface area contributed by atoms with Crippen molar-refractivity contribution in [3.05, 3.63) is 58.7 Å². The standard InChI is InChI=1S/C24H32N2/c1-15(2)21-13-9-11-17(5)23(21)25-19(7)20(8)26-24-18(6)12-10-14-22(24)16(3)4/h9-16H,1-8H3. The molecule has 0 atom stereocenters. The van der Waals surface area contributed by atoms with Crippen LogP contribution in [0.4, 0.5) is 11.4 Å². The predicted molar refractivity (Wildman–Crippen MR) is 116 cm³/mol. The first-order valence-corrected chi connectivity index (χ1v) is 9.52. The van der Waals surface area contributed by atoms with E-state index in [1.165, 1.54) is 22.3 Å². The zero-order valence-corrected chi connectivity index (χ0v) is 17.5. The van der Waals surface area contributed by atoms with Crippen LogP contribution in [0.1, 0.15) is 75.6 Å². The van der Waals surface area contributed by atoms with Gasteiger partial charge in [0.15, 0.2) is 0 Å². The van der Waals surface area contributed by atoms with E-state index >= 15 is 0 Å². The lowest BCUT2D eigenvalue weighted by Crippen LogP contribution is -2.06. The molecule has 0 heterocycles. The molecule has 0 spiro atoms. The number of aryl methyl sites for hydroxylation is 2. The van der Waals surface area contributed by atoms with Gasteiger partial charge in [-0.15, -0.1) is 0 Å². The molecule has 0 fully saturated rings. The summed E-state index contributed by atoms with van der Waals surface area (Å²) in [5.74, 6) is 0.894. The molecule has 0 aliphatic carbocycles. The molecule has 26 heavy (non-hydrogen) atoms. The van der Waals surface area contributed by atoms with Crippen molar-refractivity contribution in [1.82, 2.24) is 0 Å². The molecule has 0 saturated carbocycles. The molecule has 0 saturated heterocycles. The maximum atomic E-state index is 4.97. The number of aliphatic imine (C=N–C) groups is 2. The number of hydrogen-bond acceptors (Lipinski definition) is 2. The molecular weight excluding hydrogens is 316 g/mol. The fourth-order valence-corrected chi connectivity index (χ4v) is 3.10. The minimum Gasteiger partial charge on any atom is -0.251 e. The summed E-state index contributed by atoms with van der Waals surface area (Å²) in [5.41, 5.74) is 9.11. The van der Waals surface area contributed by atoms with E-state index in [9.17, 15) is 0 Å². The summed E-state index contributed by atoms with van der Waals surface area (Å²) in [4.78, 5) is 9.93. The van der Waals surface area contributed by atoms with Gasteiger partial charge >= 0.3 is 0 Å². The number of nitrogens with zero attached hydrogens (tertiary/aromatic N) is 2. The van der Waals surface area contributed by atoms with Crippen molar-refractivity contribution in [3.8, 4) is 0 Å². The van der Waals surface area contributed by atoms with E-state index in [4.69, 9.17) is 9.98 Å². The molecule has 0 bridgehead atoms. The Hall–Kier alpha value is -2.22. The Morgan fingerprint density at radius 1 is 0.654 bits per heavy atom. The molecule has 0 amide bonds. The first kappa shape index (κ1) is 20.1. The minimum atomic E-state index is 0.447. The number of rotatable bonds is 5. The third-order valence-corrected chi connectivity index (χ3v) is 4.86. The van der Waals surface area contributed by atoms with Gasteiger partial charge in [0.2, 0.25) is 0 Å². The second-order valence-corrected chi connectivity index (χ2v) is 7.73. The molecule has 2 rings (SSSR count). The summed E-state index contributed by atoms with van der Waals surface area (Å²) in [6.07, 6.45) is 0. The lowest BCUT2D eigenvalue weighted by molar-refractivity contribution is 0.864. The van der Waals surface area contributed by atoms with Crippen LogP contribution >= 0.6 is 0 Å². The summed E-state index contributed by atoms with van der Waals surface area (Å²) in [5, 5.41) is 0. The van der Waals surface area contributed by atoms with Gasteiger partial charge in [-0.1, -0.05) is 64.1 Å². The fourth-order valence-electron chi connectivity index (χ4n) is 3.10. The van der Waals surface area contributed by atoms with Gasteiger partial charge in [0.05, 0.1) is 22.8 Å². The molecule has 2 heteroatoms. The van der Waals surface area contributed by atoms with Gasteiger partial charge in [-0.3, -0.25) is 9.98 Å². The van der Waals surface area contributed by atoms with Crippen LogP contribution in [0.5, 0.6) is 0 Å².